The molecule has 0 atom stereocenters. The first-order valence-corrected chi connectivity index (χ1v) is 3.45. The van der Waals surface area contributed by atoms with Crippen LogP contribution in [-0.2, 0) is 0 Å². The highest BCUT2D eigenvalue weighted by Gasteiger charge is 2.28. The van der Waals surface area contributed by atoms with Gasteiger partial charge >= 0.3 is 0 Å². The van der Waals surface area contributed by atoms with Crippen molar-refractivity contribution in [2.24, 2.45) is 5.92 Å². The minimum Gasteiger partial charge on any atom is -0.393 e. The Hall–Kier alpha value is -0.150. The molecule has 0 spiro atoms. The van der Waals surface area contributed by atoms with Gasteiger partial charge in [0.05, 0.1) is 13.2 Å². The Bertz CT molecular complexity index is 89.6. The van der Waals surface area contributed by atoms with E-state index in [9.17, 15) is 4.39 Å². The molecule has 0 aliphatic rings. The van der Waals surface area contributed by atoms with Crippen LogP contribution in [0.3, 0.4) is 0 Å². The minimum atomic E-state index is -1.78. The van der Waals surface area contributed by atoms with Crippen LogP contribution in [0, 0.1) is 5.92 Å². The zero-order chi connectivity index (χ0) is 8.20. The van der Waals surface area contributed by atoms with Gasteiger partial charge in [0, 0.05) is 0 Å². The molecule has 10 heavy (non-hydrogen) atoms. The van der Waals surface area contributed by atoms with Gasteiger partial charge in [-0.05, 0) is 12.3 Å². The molecule has 0 aromatic rings. The lowest BCUT2D eigenvalue weighted by Crippen LogP contribution is -2.33. The maximum absolute atomic E-state index is 13.0. The molecule has 0 amide bonds. The third-order valence-electron chi connectivity index (χ3n) is 1.34. The summed E-state index contributed by atoms with van der Waals surface area (Å²) >= 11 is 0. The Balaban J connectivity index is 3.80. The van der Waals surface area contributed by atoms with E-state index in [-0.39, 0.29) is 12.3 Å². The average Bonchev–Trinajstić information content (AvgIpc) is 1.87. The fourth-order valence-corrected chi connectivity index (χ4v) is 0.911. The summed E-state index contributed by atoms with van der Waals surface area (Å²) in [4.78, 5) is 0. The molecule has 0 saturated heterocycles. The van der Waals surface area contributed by atoms with Crippen LogP contribution in [0.15, 0.2) is 0 Å². The summed E-state index contributed by atoms with van der Waals surface area (Å²) in [5.41, 5.74) is -1.78. The lowest BCUT2D eigenvalue weighted by molar-refractivity contribution is 0.000904. The van der Waals surface area contributed by atoms with E-state index in [1.54, 1.807) is 0 Å². The second-order valence-electron chi connectivity index (χ2n) is 3.07. The van der Waals surface area contributed by atoms with Crippen molar-refractivity contribution in [3.63, 3.8) is 0 Å². The van der Waals surface area contributed by atoms with Crippen molar-refractivity contribution in [2.45, 2.75) is 25.9 Å². The highest BCUT2D eigenvalue weighted by Crippen LogP contribution is 2.19. The predicted octanol–water partition coefficient (Wildman–Crippen LogP) is 0.725. The first-order valence-electron chi connectivity index (χ1n) is 3.45. The van der Waals surface area contributed by atoms with Crippen LogP contribution in [0.5, 0.6) is 0 Å². The van der Waals surface area contributed by atoms with Gasteiger partial charge in [0.2, 0.25) is 0 Å². The SMILES string of the molecule is CC(C)CC(F)(CO)CO. The van der Waals surface area contributed by atoms with Crippen molar-refractivity contribution in [3.05, 3.63) is 0 Å². The smallest absolute Gasteiger partial charge is 0.157 e. The number of hydrogen-bond donors (Lipinski definition) is 2. The number of aliphatic hydroxyl groups is 2. The van der Waals surface area contributed by atoms with Gasteiger partial charge in [0.15, 0.2) is 5.67 Å². The summed E-state index contributed by atoms with van der Waals surface area (Å²) in [6.45, 7) is 2.50. The molecule has 0 fully saturated rings. The van der Waals surface area contributed by atoms with E-state index in [4.69, 9.17) is 10.2 Å². The van der Waals surface area contributed by atoms with Gasteiger partial charge in [-0.1, -0.05) is 13.8 Å². The average molecular weight is 150 g/mol. The van der Waals surface area contributed by atoms with Gasteiger partial charge in [-0.2, -0.15) is 0 Å². The van der Waals surface area contributed by atoms with E-state index < -0.39 is 18.9 Å². The van der Waals surface area contributed by atoms with E-state index in [2.05, 4.69) is 0 Å². The maximum atomic E-state index is 13.0. The van der Waals surface area contributed by atoms with Crippen LogP contribution in [0.2, 0.25) is 0 Å². The quantitative estimate of drug-likeness (QED) is 0.620. The summed E-state index contributed by atoms with van der Waals surface area (Å²) in [7, 11) is 0. The molecule has 0 rings (SSSR count). The van der Waals surface area contributed by atoms with Crippen molar-refractivity contribution in [2.75, 3.05) is 13.2 Å². The number of halogens is 1. The van der Waals surface area contributed by atoms with Crippen molar-refractivity contribution in [1.29, 1.82) is 0 Å². The third kappa shape index (κ3) is 3.13. The zero-order valence-electron chi connectivity index (χ0n) is 6.47. The van der Waals surface area contributed by atoms with Crippen LogP contribution in [-0.4, -0.2) is 29.1 Å². The molecule has 0 radical (unpaired) electrons. The number of rotatable bonds is 4. The first kappa shape index (κ1) is 9.85. The fraction of sp³-hybridized carbons (Fsp3) is 1.00. The van der Waals surface area contributed by atoms with E-state index in [1.807, 2.05) is 13.8 Å². The molecular weight excluding hydrogens is 135 g/mol. The van der Waals surface area contributed by atoms with Gasteiger partial charge in [0.25, 0.3) is 0 Å². The molecule has 2 N–H and O–H groups in total. The number of aliphatic hydroxyl groups excluding tert-OH is 2. The Kier molecular flexibility index (Phi) is 3.83. The van der Waals surface area contributed by atoms with Crippen LogP contribution < -0.4 is 0 Å². The summed E-state index contributed by atoms with van der Waals surface area (Å²) in [6.07, 6.45) is 0.208. The molecule has 62 valence electrons. The third-order valence-corrected chi connectivity index (χ3v) is 1.34. The van der Waals surface area contributed by atoms with Crippen LogP contribution in [0.1, 0.15) is 20.3 Å². The molecule has 0 saturated carbocycles. The first-order chi connectivity index (χ1) is 4.54. The number of alkyl halides is 1. The van der Waals surface area contributed by atoms with Crippen LogP contribution >= 0.6 is 0 Å². The molecular formula is C7H15FO2. The predicted molar refractivity (Wildman–Crippen MR) is 37.5 cm³/mol. The van der Waals surface area contributed by atoms with Gasteiger partial charge < -0.3 is 10.2 Å². The highest BCUT2D eigenvalue weighted by molar-refractivity contribution is 4.77. The maximum Gasteiger partial charge on any atom is 0.157 e. The molecule has 2 nitrogen and oxygen atoms in total. The van der Waals surface area contributed by atoms with Gasteiger partial charge in [-0.15, -0.1) is 0 Å². The Morgan fingerprint density at radius 3 is 1.80 bits per heavy atom. The van der Waals surface area contributed by atoms with Gasteiger partial charge in [-0.25, -0.2) is 4.39 Å². The van der Waals surface area contributed by atoms with Gasteiger partial charge in [0.1, 0.15) is 0 Å². The molecule has 0 aliphatic heterocycles. The van der Waals surface area contributed by atoms with Crippen LogP contribution in [0.4, 0.5) is 4.39 Å². The molecule has 0 aliphatic carbocycles. The molecule has 0 heterocycles. The monoisotopic (exact) mass is 150 g/mol. The second-order valence-corrected chi connectivity index (χ2v) is 3.07. The summed E-state index contributed by atoms with van der Waals surface area (Å²) in [5, 5.41) is 17.0. The Morgan fingerprint density at radius 2 is 1.70 bits per heavy atom. The minimum absolute atomic E-state index is 0.157. The topological polar surface area (TPSA) is 40.5 Å². The largest absolute Gasteiger partial charge is 0.393 e. The Labute approximate surface area is 60.7 Å². The summed E-state index contributed by atoms with van der Waals surface area (Å²) in [6, 6.07) is 0. The van der Waals surface area contributed by atoms with E-state index in [1.165, 1.54) is 0 Å². The zero-order valence-corrected chi connectivity index (χ0v) is 6.47. The Morgan fingerprint density at radius 1 is 1.30 bits per heavy atom. The standard InChI is InChI=1S/C7H15FO2/c1-6(2)3-7(8,4-9)5-10/h6,9-10H,3-5H2,1-2H3. The molecule has 3 heteroatoms. The lowest BCUT2D eigenvalue weighted by Gasteiger charge is -2.21. The fourth-order valence-electron chi connectivity index (χ4n) is 0.911. The molecule has 0 bridgehead atoms. The van der Waals surface area contributed by atoms with Crippen molar-refractivity contribution in [3.8, 4) is 0 Å². The molecule has 0 aromatic heterocycles. The summed E-state index contributed by atoms with van der Waals surface area (Å²) < 4.78 is 13.0. The van der Waals surface area contributed by atoms with Crippen molar-refractivity contribution in [1.82, 2.24) is 0 Å². The second kappa shape index (κ2) is 3.88. The van der Waals surface area contributed by atoms with Crippen molar-refractivity contribution >= 4 is 0 Å². The number of hydrogen-bond acceptors (Lipinski definition) is 2. The van der Waals surface area contributed by atoms with E-state index in [0.717, 1.165) is 0 Å². The highest BCUT2D eigenvalue weighted by atomic mass is 19.1. The van der Waals surface area contributed by atoms with E-state index >= 15 is 0 Å². The summed E-state index contributed by atoms with van der Waals surface area (Å²) in [5.74, 6) is 0.157. The molecule has 0 aromatic carbocycles. The lowest BCUT2D eigenvalue weighted by atomic mass is 9.96. The van der Waals surface area contributed by atoms with Crippen LogP contribution in [0.25, 0.3) is 0 Å². The van der Waals surface area contributed by atoms with Gasteiger partial charge in [-0.3, -0.25) is 0 Å². The van der Waals surface area contributed by atoms with E-state index in [0.29, 0.717) is 0 Å². The molecule has 0 unspecified atom stereocenters. The normalized spacial score (nSPS) is 12.6. The van der Waals surface area contributed by atoms with Crippen molar-refractivity contribution < 1.29 is 14.6 Å².